The largest absolute Gasteiger partial charge is 0.465 e. The first-order chi connectivity index (χ1) is 19.7. The van der Waals surface area contributed by atoms with E-state index in [1.54, 1.807) is 32.9 Å². The van der Waals surface area contributed by atoms with E-state index in [0.29, 0.717) is 5.56 Å². The Labute approximate surface area is 248 Å². The SMILES string of the molecule is COC(=O)c1ccc2c(c1)CN(C(=O)C(NC(=O)OC(C)(C)C)C(C)(C)C)[C@H](C(=O)NC1CCCc3ccccc31)C2. The van der Waals surface area contributed by atoms with Gasteiger partial charge in [0.05, 0.1) is 18.7 Å². The molecule has 0 bridgehead atoms. The molecule has 2 aromatic carbocycles. The Balaban J connectivity index is 1.68. The Bertz CT molecular complexity index is 1360. The second kappa shape index (κ2) is 12.2. The summed E-state index contributed by atoms with van der Waals surface area (Å²) in [6.45, 7) is 10.9. The average Bonchev–Trinajstić information content (AvgIpc) is 2.92. The molecule has 2 aliphatic rings. The molecule has 0 radical (unpaired) electrons. The van der Waals surface area contributed by atoms with Crippen LogP contribution < -0.4 is 10.6 Å². The Morgan fingerprint density at radius 3 is 2.33 bits per heavy atom. The number of benzene rings is 2. The van der Waals surface area contributed by atoms with Gasteiger partial charge in [0.15, 0.2) is 0 Å². The summed E-state index contributed by atoms with van der Waals surface area (Å²) in [5.74, 6) is -1.13. The molecule has 1 aliphatic heterocycles. The predicted molar refractivity (Wildman–Crippen MR) is 159 cm³/mol. The molecule has 3 amide bonds. The third-order valence-corrected chi connectivity index (χ3v) is 7.80. The zero-order valence-electron chi connectivity index (χ0n) is 25.7. The lowest BCUT2D eigenvalue weighted by atomic mass is 9.84. The van der Waals surface area contributed by atoms with Crippen LogP contribution in [0.4, 0.5) is 4.79 Å². The van der Waals surface area contributed by atoms with Crippen molar-refractivity contribution in [3.8, 4) is 0 Å². The molecule has 2 unspecified atom stereocenters. The topological polar surface area (TPSA) is 114 Å². The van der Waals surface area contributed by atoms with E-state index in [-0.39, 0.29) is 24.9 Å². The second-order valence-electron chi connectivity index (χ2n) is 13.3. The molecule has 42 heavy (non-hydrogen) atoms. The highest BCUT2D eigenvalue weighted by Crippen LogP contribution is 2.32. The molecule has 1 heterocycles. The van der Waals surface area contributed by atoms with Crippen molar-refractivity contribution in [2.45, 2.75) is 97.5 Å². The van der Waals surface area contributed by atoms with Crippen LogP contribution in [0.2, 0.25) is 0 Å². The summed E-state index contributed by atoms with van der Waals surface area (Å²) in [7, 11) is 1.32. The first kappa shape index (κ1) is 31.1. The van der Waals surface area contributed by atoms with Gasteiger partial charge in [0.1, 0.15) is 17.7 Å². The normalized spacial score (nSPS) is 19.1. The summed E-state index contributed by atoms with van der Waals surface area (Å²) in [5, 5.41) is 6.00. The standard InChI is InChI=1S/C33H43N3O6/c1-32(2,3)27(35-31(40)42-33(4,5)6)29(38)36-19-23-17-22(30(39)41-7)16-15-21(23)18-26(36)28(37)34-25-14-10-12-20-11-8-9-13-24(20)25/h8-9,11,13,15-17,25-27H,10,12,14,18-19H2,1-7H3,(H,34,37)(H,35,40)/t25?,26-,27?/m0/s1. The molecule has 9 heteroatoms. The van der Waals surface area contributed by atoms with Gasteiger partial charge in [-0.05, 0) is 79.8 Å². The number of nitrogens with zero attached hydrogens (tertiary/aromatic N) is 1. The van der Waals surface area contributed by atoms with Crippen LogP contribution in [0.3, 0.4) is 0 Å². The van der Waals surface area contributed by atoms with Gasteiger partial charge < -0.3 is 25.0 Å². The van der Waals surface area contributed by atoms with E-state index >= 15 is 0 Å². The van der Waals surface area contributed by atoms with Crippen molar-refractivity contribution >= 4 is 23.9 Å². The van der Waals surface area contributed by atoms with Crippen molar-refractivity contribution in [2.75, 3.05) is 7.11 Å². The molecule has 0 saturated heterocycles. The molecule has 2 N–H and O–H groups in total. The lowest BCUT2D eigenvalue weighted by Crippen LogP contribution is -2.61. The Hall–Kier alpha value is -3.88. The highest BCUT2D eigenvalue weighted by atomic mass is 16.6. The van der Waals surface area contributed by atoms with Gasteiger partial charge in [-0.1, -0.05) is 51.1 Å². The van der Waals surface area contributed by atoms with Crippen molar-refractivity contribution in [2.24, 2.45) is 5.41 Å². The first-order valence-electron chi connectivity index (χ1n) is 14.6. The van der Waals surface area contributed by atoms with Crippen LogP contribution in [0.5, 0.6) is 0 Å². The van der Waals surface area contributed by atoms with E-state index in [1.165, 1.54) is 17.6 Å². The number of nitrogens with one attached hydrogen (secondary N) is 2. The maximum absolute atomic E-state index is 14.3. The Morgan fingerprint density at radius 2 is 1.67 bits per heavy atom. The lowest BCUT2D eigenvalue weighted by Gasteiger charge is -2.41. The van der Waals surface area contributed by atoms with Gasteiger partial charge in [0.25, 0.3) is 0 Å². The van der Waals surface area contributed by atoms with Gasteiger partial charge in [-0.3, -0.25) is 9.59 Å². The number of amides is 3. The zero-order valence-corrected chi connectivity index (χ0v) is 25.7. The number of hydrogen-bond acceptors (Lipinski definition) is 6. The van der Waals surface area contributed by atoms with E-state index < -0.39 is 41.1 Å². The van der Waals surface area contributed by atoms with Crippen molar-refractivity contribution in [1.82, 2.24) is 15.5 Å². The number of ether oxygens (including phenoxy) is 2. The van der Waals surface area contributed by atoms with Crippen molar-refractivity contribution in [3.05, 3.63) is 70.3 Å². The summed E-state index contributed by atoms with van der Waals surface area (Å²) in [6, 6.07) is 11.4. The minimum atomic E-state index is -0.969. The maximum atomic E-state index is 14.3. The van der Waals surface area contributed by atoms with Crippen LogP contribution in [-0.2, 0) is 38.4 Å². The number of rotatable bonds is 5. The van der Waals surface area contributed by atoms with Crippen molar-refractivity contribution < 1.29 is 28.7 Å². The summed E-state index contributed by atoms with van der Waals surface area (Å²) in [6.07, 6.45) is 2.30. The number of methoxy groups -OCH3 is 1. The minimum Gasteiger partial charge on any atom is -0.465 e. The van der Waals surface area contributed by atoms with Gasteiger partial charge in [-0.25, -0.2) is 9.59 Å². The minimum absolute atomic E-state index is 0.0981. The third kappa shape index (κ3) is 7.12. The smallest absolute Gasteiger partial charge is 0.408 e. The van der Waals surface area contributed by atoms with Crippen molar-refractivity contribution in [1.29, 1.82) is 0 Å². The molecule has 0 aromatic heterocycles. The fourth-order valence-corrected chi connectivity index (χ4v) is 5.71. The number of fused-ring (bicyclic) bond motifs is 2. The van der Waals surface area contributed by atoms with Gasteiger partial charge >= 0.3 is 12.1 Å². The monoisotopic (exact) mass is 577 g/mol. The molecule has 9 nitrogen and oxygen atoms in total. The molecular formula is C33H43N3O6. The molecule has 4 rings (SSSR count). The molecule has 2 aromatic rings. The summed E-state index contributed by atoms with van der Waals surface area (Å²) in [5.41, 5.74) is 2.89. The maximum Gasteiger partial charge on any atom is 0.408 e. The number of aryl methyl sites for hydroxylation is 1. The highest BCUT2D eigenvalue weighted by molar-refractivity contribution is 5.93. The van der Waals surface area contributed by atoms with E-state index in [4.69, 9.17) is 9.47 Å². The molecule has 0 saturated carbocycles. The van der Waals surface area contributed by atoms with Crippen LogP contribution in [0, 0.1) is 5.41 Å². The Morgan fingerprint density at radius 1 is 0.952 bits per heavy atom. The highest BCUT2D eigenvalue weighted by Gasteiger charge is 2.43. The van der Waals surface area contributed by atoms with Gasteiger partial charge in [0.2, 0.25) is 11.8 Å². The Kier molecular flexibility index (Phi) is 8.99. The van der Waals surface area contributed by atoms with E-state index in [0.717, 1.165) is 36.0 Å². The van der Waals surface area contributed by atoms with E-state index in [9.17, 15) is 19.2 Å². The molecule has 0 spiro atoms. The van der Waals surface area contributed by atoms with Gasteiger partial charge in [0, 0.05) is 13.0 Å². The first-order valence-corrected chi connectivity index (χ1v) is 14.6. The van der Waals surface area contributed by atoms with Crippen LogP contribution in [0.1, 0.15) is 93.0 Å². The van der Waals surface area contributed by atoms with E-state index in [2.05, 4.69) is 16.7 Å². The molecule has 0 fully saturated rings. The summed E-state index contributed by atoms with van der Waals surface area (Å²) < 4.78 is 10.4. The van der Waals surface area contributed by atoms with Crippen LogP contribution in [0.15, 0.2) is 42.5 Å². The van der Waals surface area contributed by atoms with Crippen LogP contribution in [0.25, 0.3) is 0 Å². The third-order valence-electron chi connectivity index (χ3n) is 7.80. The second-order valence-corrected chi connectivity index (χ2v) is 13.3. The zero-order chi connectivity index (χ0) is 30.8. The summed E-state index contributed by atoms with van der Waals surface area (Å²) in [4.78, 5) is 54.9. The number of alkyl carbamates (subject to hydrolysis) is 1. The number of esters is 1. The fraction of sp³-hybridized carbons (Fsp3) is 0.515. The van der Waals surface area contributed by atoms with Gasteiger partial charge in [-0.15, -0.1) is 0 Å². The van der Waals surface area contributed by atoms with Crippen LogP contribution >= 0.6 is 0 Å². The van der Waals surface area contributed by atoms with E-state index in [1.807, 2.05) is 45.0 Å². The fourth-order valence-electron chi connectivity index (χ4n) is 5.71. The molecule has 1 aliphatic carbocycles. The van der Waals surface area contributed by atoms with Crippen LogP contribution in [-0.4, -0.2) is 53.6 Å². The summed E-state index contributed by atoms with van der Waals surface area (Å²) >= 11 is 0. The number of hydrogen-bond donors (Lipinski definition) is 2. The predicted octanol–water partition coefficient (Wildman–Crippen LogP) is 4.86. The average molecular weight is 578 g/mol. The quantitative estimate of drug-likeness (QED) is 0.491. The molecule has 226 valence electrons. The number of carbonyl (C=O) groups is 4. The molecule has 3 atom stereocenters. The lowest BCUT2D eigenvalue weighted by molar-refractivity contribution is -0.145. The molecular weight excluding hydrogens is 534 g/mol. The van der Waals surface area contributed by atoms with Crippen molar-refractivity contribution in [3.63, 3.8) is 0 Å². The number of carbonyl (C=O) groups excluding carboxylic acids is 4. The van der Waals surface area contributed by atoms with Gasteiger partial charge in [-0.2, -0.15) is 0 Å².